The molecule has 4 heterocycles. The zero-order chi connectivity index (χ0) is 19.1. The molecule has 0 amide bonds. The highest BCUT2D eigenvalue weighted by atomic mass is 16.5. The second-order valence-electron chi connectivity index (χ2n) is 7.42. The third kappa shape index (κ3) is 2.90. The maximum absolute atomic E-state index is 5.54. The van der Waals surface area contributed by atoms with Gasteiger partial charge in [0.05, 0.1) is 5.92 Å². The van der Waals surface area contributed by atoms with Gasteiger partial charge in [0, 0.05) is 46.2 Å². The zero-order valence-electron chi connectivity index (χ0n) is 16.1. The van der Waals surface area contributed by atoms with Gasteiger partial charge >= 0.3 is 0 Å². The highest BCUT2D eigenvalue weighted by Gasteiger charge is 2.23. The number of nitrogens with zero attached hydrogens (tertiary/aromatic N) is 3. The third-order valence-corrected chi connectivity index (χ3v) is 5.55. The highest BCUT2D eigenvalue weighted by Crippen LogP contribution is 2.33. The van der Waals surface area contributed by atoms with E-state index in [2.05, 4.69) is 62.7 Å². The van der Waals surface area contributed by atoms with Crippen LogP contribution in [0.4, 0.5) is 0 Å². The van der Waals surface area contributed by atoms with Gasteiger partial charge in [-0.1, -0.05) is 12.1 Å². The van der Waals surface area contributed by atoms with Crippen molar-refractivity contribution in [2.75, 3.05) is 13.1 Å². The van der Waals surface area contributed by atoms with Crippen molar-refractivity contribution in [1.82, 2.24) is 25.4 Å². The topological polar surface area (TPSA) is 79.6 Å². The lowest BCUT2D eigenvalue weighted by molar-refractivity contribution is 0.359. The Morgan fingerprint density at radius 1 is 1.18 bits per heavy atom. The zero-order valence-corrected chi connectivity index (χ0v) is 16.1. The Bertz CT molecular complexity index is 1140. The summed E-state index contributed by atoms with van der Waals surface area (Å²) in [5.41, 5.74) is 6.74. The third-order valence-electron chi connectivity index (χ3n) is 5.55. The van der Waals surface area contributed by atoms with E-state index < -0.39 is 0 Å². The van der Waals surface area contributed by atoms with Gasteiger partial charge in [-0.3, -0.25) is 4.98 Å². The molecular weight excluding hydrogens is 350 g/mol. The van der Waals surface area contributed by atoms with E-state index in [1.165, 1.54) is 10.9 Å². The number of fused-ring (bicyclic) bond motifs is 1. The average molecular weight is 373 g/mol. The molecule has 1 aliphatic rings. The summed E-state index contributed by atoms with van der Waals surface area (Å²) in [4.78, 5) is 12.6. The van der Waals surface area contributed by atoms with Gasteiger partial charge in [-0.2, -0.15) is 4.98 Å². The molecule has 6 heteroatoms. The monoisotopic (exact) mass is 373 g/mol. The van der Waals surface area contributed by atoms with Crippen LogP contribution in [0.2, 0.25) is 0 Å². The molecule has 5 rings (SSSR count). The van der Waals surface area contributed by atoms with Crippen LogP contribution < -0.4 is 5.32 Å². The van der Waals surface area contributed by atoms with E-state index in [1.807, 2.05) is 13.1 Å². The first-order chi connectivity index (χ1) is 13.7. The largest absolute Gasteiger partial charge is 0.354 e. The molecule has 142 valence electrons. The molecule has 0 unspecified atom stereocenters. The van der Waals surface area contributed by atoms with Gasteiger partial charge in [0.2, 0.25) is 11.7 Å². The number of aromatic nitrogens is 4. The Labute approximate surface area is 163 Å². The Morgan fingerprint density at radius 2 is 2.11 bits per heavy atom. The van der Waals surface area contributed by atoms with Gasteiger partial charge < -0.3 is 14.8 Å². The first kappa shape index (κ1) is 17.1. The Hall–Kier alpha value is -2.99. The molecular formula is C22H23N5O. The summed E-state index contributed by atoms with van der Waals surface area (Å²) >= 11 is 0. The summed E-state index contributed by atoms with van der Waals surface area (Å²) in [6.07, 6.45) is 3.85. The maximum atomic E-state index is 5.54. The lowest BCUT2D eigenvalue weighted by Crippen LogP contribution is -2.08. The fraction of sp³-hybridized carbons (Fsp3) is 0.318. The van der Waals surface area contributed by atoms with Crippen molar-refractivity contribution in [2.45, 2.75) is 32.6 Å². The number of nitrogens with one attached hydrogen (secondary N) is 2. The van der Waals surface area contributed by atoms with Crippen molar-refractivity contribution >= 4 is 10.9 Å². The first-order valence-electron chi connectivity index (χ1n) is 9.85. The lowest BCUT2D eigenvalue weighted by Gasteiger charge is -2.03. The van der Waals surface area contributed by atoms with Crippen molar-refractivity contribution in [3.63, 3.8) is 0 Å². The number of rotatable bonds is 4. The van der Waals surface area contributed by atoms with Crippen molar-refractivity contribution in [3.8, 4) is 22.6 Å². The van der Waals surface area contributed by atoms with Gasteiger partial charge in [-0.15, -0.1) is 0 Å². The Kier molecular flexibility index (Phi) is 4.20. The average Bonchev–Trinajstić information content (AvgIpc) is 3.45. The van der Waals surface area contributed by atoms with Gasteiger partial charge in [0.15, 0.2) is 0 Å². The number of H-pyrrole nitrogens is 1. The van der Waals surface area contributed by atoms with Crippen LogP contribution >= 0.6 is 0 Å². The number of aromatic amines is 1. The SMILES string of the molecule is CCc1c(-c2ccnc(C)c2)[nH]c2ccc(-c3noc([C@H]4CCNC4)n3)cc12. The van der Waals surface area contributed by atoms with Crippen molar-refractivity contribution < 1.29 is 4.52 Å². The molecule has 1 fully saturated rings. The number of aryl methyl sites for hydroxylation is 2. The Morgan fingerprint density at radius 3 is 2.89 bits per heavy atom. The van der Waals surface area contributed by atoms with Crippen molar-refractivity contribution in [2.24, 2.45) is 0 Å². The number of hydrogen-bond acceptors (Lipinski definition) is 5. The summed E-state index contributed by atoms with van der Waals surface area (Å²) in [5.74, 6) is 1.72. The minimum Gasteiger partial charge on any atom is -0.354 e. The summed E-state index contributed by atoms with van der Waals surface area (Å²) in [6, 6.07) is 10.5. The van der Waals surface area contributed by atoms with Gasteiger partial charge in [0.25, 0.3) is 0 Å². The molecule has 4 aromatic rings. The van der Waals surface area contributed by atoms with E-state index in [9.17, 15) is 0 Å². The molecule has 1 atom stereocenters. The van der Waals surface area contributed by atoms with Crippen LogP contribution in [-0.2, 0) is 6.42 Å². The first-order valence-corrected chi connectivity index (χ1v) is 9.85. The van der Waals surface area contributed by atoms with Crippen LogP contribution in [0.5, 0.6) is 0 Å². The Balaban J connectivity index is 1.57. The summed E-state index contributed by atoms with van der Waals surface area (Å²) < 4.78 is 5.54. The predicted octanol–water partition coefficient (Wildman–Crippen LogP) is 4.23. The lowest BCUT2D eigenvalue weighted by atomic mass is 10.0. The summed E-state index contributed by atoms with van der Waals surface area (Å²) in [6.45, 7) is 6.12. The molecule has 2 N–H and O–H groups in total. The van der Waals surface area contributed by atoms with Crippen LogP contribution in [0.15, 0.2) is 41.1 Å². The quantitative estimate of drug-likeness (QED) is 0.560. The van der Waals surface area contributed by atoms with E-state index >= 15 is 0 Å². The molecule has 6 nitrogen and oxygen atoms in total. The van der Waals surface area contributed by atoms with E-state index in [4.69, 9.17) is 4.52 Å². The smallest absolute Gasteiger partial charge is 0.231 e. The van der Waals surface area contributed by atoms with Crippen molar-refractivity contribution in [1.29, 1.82) is 0 Å². The van der Waals surface area contributed by atoms with E-state index in [0.29, 0.717) is 11.7 Å². The van der Waals surface area contributed by atoms with E-state index in [-0.39, 0.29) is 0 Å². The molecule has 28 heavy (non-hydrogen) atoms. The minimum atomic E-state index is 0.324. The highest BCUT2D eigenvalue weighted by molar-refractivity contribution is 5.93. The maximum Gasteiger partial charge on any atom is 0.231 e. The van der Waals surface area contributed by atoms with Crippen LogP contribution in [-0.4, -0.2) is 33.2 Å². The number of benzene rings is 1. The molecule has 1 aromatic carbocycles. The number of hydrogen-bond donors (Lipinski definition) is 2. The van der Waals surface area contributed by atoms with Crippen molar-refractivity contribution in [3.05, 3.63) is 53.7 Å². The fourth-order valence-corrected chi connectivity index (χ4v) is 4.09. The number of pyridine rings is 1. The van der Waals surface area contributed by atoms with Gasteiger partial charge in [0.1, 0.15) is 0 Å². The molecule has 1 aliphatic heterocycles. The van der Waals surface area contributed by atoms with Crippen LogP contribution in [0.3, 0.4) is 0 Å². The second-order valence-corrected chi connectivity index (χ2v) is 7.42. The van der Waals surface area contributed by atoms with Crippen LogP contribution in [0.25, 0.3) is 33.5 Å². The molecule has 0 aliphatic carbocycles. The summed E-state index contributed by atoms with van der Waals surface area (Å²) in [5, 5.41) is 8.79. The predicted molar refractivity (Wildman–Crippen MR) is 109 cm³/mol. The van der Waals surface area contributed by atoms with E-state index in [0.717, 1.165) is 59.9 Å². The molecule has 1 saturated heterocycles. The van der Waals surface area contributed by atoms with Gasteiger partial charge in [-0.25, -0.2) is 0 Å². The van der Waals surface area contributed by atoms with E-state index in [1.54, 1.807) is 0 Å². The second kappa shape index (κ2) is 6.87. The molecule has 0 saturated carbocycles. The molecule has 0 radical (unpaired) electrons. The molecule has 0 bridgehead atoms. The van der Waals surface area contributed by atoms with Gasteiger partial charge in [-0.05, 0) is 62.2 Å². The minimum absolute atomic E-state index is 0.324. The normalized spacial score (nSPS) is 16.9. The molecule has 0 spiro atoms. The molecule has 3 aromatic heterocycles. The summed E-state index contributed by atoms with van der Waals surface area (Å²) in [7, 11) is 0. The van der Waals surface area contributed by atoms with Crippen LogP contribution in [0.1, 0.15) is 36.4 Å². The fourth-order valence-electron chi connectivity index (χ4n) is 4.09. The van der Waals surface area contributed by atoms with Crippen LogP contribution in [0, 0.1) is 6.92 Å². The standard InChI is InChI=1S/C22H23N5O/c1-3-17-18-11-15(21-26-22(28-27-21)16-6-8-23-12-16)4-5-19(18)25-20(17)14-7-9-24-13(2)10-14/h4-5,7,9-11,16,23,25H,3,6,8,12H2,1-2H3/t16-/m0/s1.